The Morgan fingerprint density at radius 2 is 1.75 bits per heavy atom. The number of carbonyl (C=O) groups is 1. The first-order valence-electron chi connectivity index (χ1n) is 10.8. The van der Waals surface area contributed by atoms with Crippen molar-refractivity contribution < 1.29 is 4.79 Å². The summed E-state index contributed by atoms with van der Waals surface area (Å²) < 4.78 is 2.11. The molecule has 0 unspecified atom stereocenters. The van der Waals surface area contributed by atoms with E-state index in [9.17, 15) is 4.79 Å². The number of primary amides is 1. The lowest BCUT2D eigenvalue weighted by Crippen LogP contribution is -2.23. The van der Waals surface area contributed by atoms with Gasteiger partial charge in [0.05, 0.1) is 16.5 Å². The second kappa shape index (κ2) is 9.53. The number of nitrogens with zero attached hydrogens (tertiary/aromatic N) is 4. The fourth-order valence-corrected chi connectivity index (χ4v) is 4.32. The highest BCUT2D eigenvalue weighted by molar-refractivity contribution is 8.00. The van der Waals surface area contributed by atoms with Gasteiger partial charge in [0.25, 0.3) is 0 Å². The Bertz CT molecular complexity index is 1240. The Morgan fingerprint density at radius 3 is 2.47 bits per heavy atom. The van der Waals surface area contributed by atoms with E-state index in [0.29, 0.717) is 11.1 Å². The summed E-state index contributed by atoms with van der Waals surface area (Å²) in [4.78, 5) is 16.6. The van der Waals surface area contributed by atoms with Crippen LogP contribution in [0.5, 0.6) is 0 Å². The SMILES string of the molecule is CC(C)CCn1c(S[C@H](C)C(N)=O)nnc1-c1cc(-c2ccccc2)nc2ccccc12. The second-order valence-corrected chi connectivity index (χ2v) is 9.55. The third-order valence-electron chi connectivity index (χ3n) is 5.36. The van der Waals surface area contributed by atoms with E-state index in [1.807, 2.05) is 36.4 Å². The topological polar surface area (TPSA) is 86.7 Å². The lowest BCUT2D eigenvalue weighted by Gasteiger charge is -2.15. The van der Waals surface area contributed by atoms with Crippen molar-refractivity contribution in [3.63, 3.8) is 0 Å². The van der Waals surface area contributed by atoms with E-state index in [-0.39, 0.29) is 11.2 Å². The number of hydrogen-bond donors (Lipinski definition) is 1. The smallest absolute Gasteiger partial charge is 0.230 e. The first kappa shape index (κ1) is 22.0. The maximum atomic E-state index is 11.7. The van der Waals surface area contributed by atoms with Gasteiger partial charge in [-0.25, -0.2) is 4.98 Å². The second-order valence-electron chi connectivity index (χ2n) is 8.24. The summed E-state index contributed by atoms with van der Waals surface area (Å²) in [6.45, 7) is 6.94. The summed E-state index contributed by atoms with van der Waals surface area (Å²) in [5.74, 6) is 0.932. The van der Waals surface area contributed by atoms with Crippen molar-refractivity contribution in [1.82, 2.24) is 19.7 Å². The Morgan fingerprint density at radius 1 is 1.03 bits per heavy atom. The normalized spacial score (nSPS) is 12.4. The number of fused-ring (bicyclic) bond motifs is 1. The summed E-state index contributed by atoms with van der Waals surface area (Å²) in [5, 5.41) is 10.4. The molecule has 0 fully saturated rings. The zero-order valence-corrected chi connectivity index (χ0v) is 19.3. The molecule has 0 aliphatic heterocycles. The maximum absolute atomic E-state index is 11.7. The van der Waals surface area contributed by atoms with E-state index in [2.05, 4.69) is 52.9 Å². The number of hydrogen-bond acceptors (Lipinski definition) is 5. The van der Waals surface area contributed by atoms with E-state index in [1.165, 1.54) is 11.8 Å². The van der Waals surface area contributed by atoms with Gasteiger partial charge in [0.15, 0.2) is 11.0 Å². The molecule has 2 heterocycles. The van der Waals surface area contributed by atoms with Crippen LogP contribution < -0.4 is 5.73 Å². The van der Waals surface area contributed by atoms with Crippen LogP contribution in [-0.2, 0) is 11.3 Å². The number of rotatable bonds is 8. The van der Waals surface area contributed by atoms with Crippen molar-refractivity contribution in [3.8, 4) is 22.6 Å². The largest absolute Gasteiger partial charge is 0.369 e. The Kier molecular flexibility index (Phi) is 6.55. The van der Waals surface area contributed by atoms with Gasteiger partial charge >= 0.3 is 0 Å². The van der Waals surface area contributed by atoms with E-state index in [1.54, 1.807) is 6.92 Å². The number of aromatic nitrogens is 4. The number of amides is 1. The van der Waals surface area contributed by atoms with Gasteiger partial charge in [-0.3, -0.25) is 4.79 Å². The number of benzene rings is 2. The summed E-state index contributed by atoms with van der Waals surface area (Å²) in [7, 11) is 0. The van der Waals surface area contributed by atoms with E-state index >= 15 is 0 Å². The van der Waals surface area contributed by atoms with Gasteiger partial charge in [0.1, 0.15) is 0 Å². The average Bonchev–Trinajstić information content (AvgIpc) is 3.19. The summed E-state index contributed by atoms with van der Waals surface area (Å²) in [6.07, 6.45) is 0.970. The molecule has 0 bridgehead atoms. The fraction of sp³-hybridized carbons (Fsp3) is 0.280. The molecule has 1 atom stereocenters. The summed E-state index contributed by atoms with van der Waals surface area (Å²) in [5.41, 5.74) is 9.32. The van der Waals surface area contributed by atoms with Crippen molar-refractivity contribution in [2.45, 2.75) is 44.1 Å². The van der Waals surface area contributed by atoms with Gasteiger partial charge in [-0.2, -0.15) is 0 Å². The molecule has 2 aromatic carbocycles. The monoisotopic (exact) mass is 445 g/mol. The van der Waals surface area contributed by atoms with E-state index in [0.717, 1.165) is 46.5 Å². The van der Waals surface area contributed by atoms with Crippen LogP contribution in [0.15, 0.2) is 65.8 Å². The Hall–Kier alpha value is -3.19. The van der Waals surface area contributed by atoms with Crippen molar-refractivity contribution in [2.24, 2.45) is 11.7 Å². The molecule has 7 heteroatoms. The molecule has 164 valence electrons. The minimum Gasteiger partial charge on any atom is -0.369 e. The first-order valence-corrected chi connectivity index (χ1v) is 11.7. The zero-order chi connectivity index (χ0) is 22.7. The predicted octanol–water partition coefficient (Wildman–Crippen LogP) is 5.17. The average molecular weight is 446 g/mol. The fourth-order valence-electron chi connectivity index (χ4n) is 3.50. The van der Waals surface area contributed by atoms with Gasteiger partial charge in [-0.1, -0.05) is 74.1 Å². The van der Waals surface area contributed by atoms with Gasteiger partial charge in [-0.05, 0) is 31.4 Å². The highest BCUT2D eigenvalue weighted by Gasteiger charge is 2.21. The van der Waals surface area contributed by atoms with E-state index < -0.39 is 0 Å². The Balaban J connectivity index is 1.89. The third kappa shape index (κ3) is 4.67. The molecule has 0 spiro atoms. The van der Waals surface area contributed by atoms with Crippen LogP contribution in [0.25, 0.3) is 33.5 Å². The van der Waals surface area contributed by atoms with Crippen molar-refractivity contribution in [1.29, 1.82) is 0 Å². The van der Waals surface area contributed by atoms with Crippen molar-refractivity contribution in [3.05, 3.63) is 60.7 Å². The molecule has 0 aliphatic rings. The summed E-state index contributed by atoms with van der Waals surface area (Å²) in [6, 6.07) is 20.3. The van der Waals surface area contributed by atoms with Crippen LogP contribution in [0.2, 0.25) is 0 Å². The third-order valence-corrected chi connectivity index (χ3v) is 6.46. The highest BCUT2D eigenvalue weighted by atomic mass is 32.2. The van der Waals surface area contributed by atoms with Crippen molar-refractivity contribution >= 4 is 28.6 Å². The number of nitrogens with two attached hydrogens (primary N) is 1. The molecule has 1 amide bonds. The quantitative estimate of drug-likeness (QED) is 0.378. The highest BCUT2D eigenvalue weighted by Crippen LogP contribution is 2.34. The molecule has 0 aliphatic carbocycles. The minimum absolute atomic E-state index is 0.365. The number of pyridine rings is 1. The number of para-hydroxylation sites is 1. The lowest BCUT2D eigenvalue weighted by atomic mass is 10.0. The molecular formula is C25H27N5OS. The zero-order valence-electron chi connectivity index (χ0n) is 18.5. The van der Waals surface area contributed by atoms with Crippen LogP contribution in [0.3, 0.4) is 0 Å². The molecule has 2 N–H and O–H groups in total. The molecule has 2 aromatic heterocycles. The minimum atomic E-state index is -0.390. The molecule has 0 saturated heterocycles. The standard InChI is InChI=1S/C25H27N5OS/c1-16(2)13-14-30-24(28-29-25(30)32-17(3)23(26)31)20-15-22(18-9-5-4-6-10-18)27-21-12-8-7-11-19(20)21/h4-12,15-17H,13-14H2,1-3H3,(H2,26,31)/t17-/m1/s1. The van der Waals surface area contributed by atoms with Crippen LogP contribution >= 0.6 is 11.8 Å². The molecule has 0 radical (unpaired) electrons. The van der Waals surface area contributed by atoms with Gasteiger partial charge < -0.3 is 10.3 Å². The molecule has 32 heavy (non-hydrogen) atoms. The number of carbonyl (C=O) groups excluding carboxylic acids is 1. The van der Waals surface area contributed by atoms with Crippen LogP contribution in [0.1, 0.15) is 27.2 Å². The Labute approximate surface area is 192 Å². The van der Waals surface area contributed by atoms with Gasteiger partial charge in [0.2, 0.25) is 5.91 Å². The molecule has 0 saturated carbocycles. The molecule has 4 rings (SSSR count). The van der Waals surface area contributed by atoms with Crippen LogP contribution in [0.4, 0.5) is 0 Å². The summed E-state index contributed by atoms with van der Waals surface area (Å²) >= 11 is 1.35. The first-order chi connectivity index (χ1) is 15.4. The molecular weight excluding hydrogens is 418 g/mol. The van der Waals surface area contributed by atoms with Crippen molar-refractivity contribution in [2.75, 3.05) is 0 Å². The van der Waals surface area contributed by atoms with Gasteiger partial charge in [0, 0.05) is 23.1 Å². The van der Waals surface area contributed by atoms with E-state index in [4.69, 9.17) is 10.7 Å². The van der Waals surface area contributed by atoms with Crippen LogP contribution in [-0.4, -0.2) is 30.9 Å². The molecule has 4 aromatic rings. The van der Waals surface area contributed by atoms with Crippen LogP contribution in [0, 0.1) is 5.92 Å². The molecule has 6 nitrogen and oxygen atoms in total. The van der Waals surface area contributed by atoms with Gasteiger partial charge in [-0.15, -0.1) is 10.2 Å². The predicted molar refractivity (Wildman–Crippen MR) is 130 cm³/mol. The lowest BCUT2D eigenvalue weighted by molar-refractivity contribution is -0.117. The maximum Gasteiger partial charge on any atom is 0.230 e. The number of thioether (sulfide) groups is 1.